The second-order valence-corrected chi connectivity index (χ2v) is 11.9. The van der Waals surface area contributed by atoms with E-state index in [1.807, 2.05) is 31.2 Å². The van der Waals surface area contributed by atoms with Gasteiger partial charge >= 0.3 is 5.97 Å². The Balaban J connectivity index is 1.42. The third-order valence-corrected chi connectivity index (χ3v) is 9.96. The van der Waals surface area contributed by atoms with Crippen LogP contribution in [0, 0.1) is 0 Å². The number of thiophene rings is 1. The molecule has 8 nitrogen and oxygen atoms in total. The van der Waals surface area contributed by atoms with Crippen molar-refractivity contribution in [1.82, 2.24) is 15.3 Å². The third kappa shape index (κ3) is 4.12. The number of hydrogen-bond acceptors (Lipinski definition) is 8. The monoisotopic (exact) mass is 530 g/mol. The van der Waals surface area contributed by atoms with Crippen LogP contribution < -0.4 is 15.2 Å². The number of halogens is 1. The minimum Gasteiger partial charge on any atom is -0.465 e. The van der Waals surface area contributed by atoms with Crippen LogP contribution in [0.4, 0.5) is 10.7 Å². The molecule has 0 radical (unpaired) electrons. The predicted octanol–water partition coefficient (Wildman–Crippen LogP) is 3.52. The van der Waals surface area contributed by atoms with Crippen LogP contribution in [0.3, 0.4) is 0 Å². The van der Waals surface area contributed by atoms with Gasteiger partial charge in [0.05, 0.1) is 62.5 Å². The molecule has 36 heavy (non-hydrogen) atoms. The summed E-state index contributed by atoms with van der Waals surface area (Å²) in [6, 6.07) is 8.06. The Morgan fingerprint density at radius 2 is 2.08 bits per heavy atom. The Morgan fingerprint density at radius 1 is 1.28 bits per heavy atom. The third-order valence-electron chi connectivity index (χ3n) is 7.57. The van der Waals surface area contributed by atoms with Crippen LogP contribution >= 0.6 is 22.1 Å². The number of hydrazine groups is 1. The number of morpholine rings is 1. The van der Waals surface area contributed by atoms with Gasteiger partial charge in [0, 0.05) is 29.1 Å². The molecule has 1 aromatic heterocycles. The molecule has 0 amide bonds. The molecule has 3 unspecified atom stereocenters. The topological polar surface area (TPSA) is 60.5 Å². The average molecular weight is 531 g/mol. The quantitative estimate of drug-likeness (QED) is 0.465. The molecule has 192 valence electrons. The van der Waals surface area contributed by atoms with Gasteiger partial charge in [-0.15, -0.1) is 0 Å². The maximum atomic E-state index is 13.0. The van der Waals surface area contributed by atoms with E-state index in [0.717, 1.165) is 62.5 Å². The number of carbonyl (C=O) groups excluding carboxylic acids is 1. The van der Waals surface area contributed by atoms with Crippen molar-refractivity contribution in [2.45, 2.75) is 25.6 Å². The maximum absolute atomic E-state index is 13.0. The summed E-state index contributed by atoms with van der Waals surface area (Å²) < 4.78 is 11.0. The first kappa shape index (κ1) is 24.2. The number of hydrogen-bond donors (Lipinski definition) is 1. The minimum absolute atomic E-state index is 0.125. The van der Waals surface area contributed by atoms with Crippen molar-refractivity contribution in [3.05, 3.63) is 51.4 Å². The summed E-state index contributed by atoms with van der Waals surface area (Å²) in [4.78, 5) is 21.6. The number of ether oxygens (including phenoxy) is 2. The molecule has 2 saturated heterocycles. The lowest BCUT2D eigenvalue weighted by molar-refractivity contribution is -0.143. The highest BCUT2D eigenvalue weighted by Crippen LogP contribution is 2.53. The molecule has 1 aliphatic carbocycles. The van der Waals surface area contributed by atoms with Crippen LogP contribution in [0.5, 0.6) is 0 Å². The Kier molecular flexibility index (Phi) is 6.70. The Morgan fingerprint density at radius 3 is 2.86 bits per heavy atom. The van der Waals surface area contributed by atoms with Gasteiger partial charge in [0.1, 0.15) is 18.3 Å². The highest BCUT2D eigenvalue weighted by Gasteiger charge is 2.48. The van der Waals surface area contributed by atoms with Gasteiger partial charge < -0.3 is 14.4 Å². The standard InChI is InChI=1S/C26H33ClN5O3S/c1-3-35-26(33)18-8-9-22-24(18)19-14-30(21-7-5-4-6-20(21)27)15-23-31(25(19)36(22)2)16-28-32(23)17-29-10-12-34-13-11-29/h4-9,18,23,28H,3,10-17H2,1-2H3/q+1. The summed E-state index contributed by atoms with van der Waals surface area (Å²) in [5, 5.41) is 4.45. The summed E-state index contributed by atoms with van der Waals surface area (Å²) in [6.07, 6.45) is 6.60. The highest BCUT2D eigenvalue weighted by atomic mass is 35.5. The van der Waals surface area contributed by atoms with Crippen molar-refractivity contribution >= 4 is 44.8 Å². The molecule has 3 aliphatic heterocycles. The lowest BCUT2D eigenvalue weighted by atomic mass is 9.99. The molecule has 0 spiro atoms. The van der Waals surface area contributed by atoms with Crippen LogP contribution in [0.15, 0.2) is 30.3 Å². The van der Waals surface area contributed by atoms with E-state index in [-0.39, 0.29) is 28.5 Å². The first-order valence-corrected chi connectivity index (χ1v) is 14.6. The maximum Gasteiger partial charge on any atom is 0.317 e. The molecule has 0 saturated carbocycles. The fourth-order valence-electron chi connectivity index (χ4n) is 5.86. The van der Waals surface area contributed by atoms with Crippen molar-refractivity contribution in [2.75, 3.05) is 62.6 Å². The Hall–Kier alpha value is -2.14. The SMILES string of the molecule is CCOC(=O)C1C=Cc2c1c1c([s+]2C)N2CNN(CN3CCOCC3)C2CN(c2ccccc2Cl)C1. The first-order valence-electron chi connectivity index (χ1n) is 12.6. The van der Waals surface area contributed by atoms with E-state index in [1.54, 1.807) is 0 Å². The molecular formula is C26H33ClN5O3S+. The number of esters is 1. The Labute approximate surface area is 219 Å². The van der Waals surface area contributed by atoms with E-state index >= 15 is 0 Å². The largest absolute Gasteiger partial charge is 0.465 e. The van der Waals surface area contributed by atoms with E-state index in [1.165, 1.54) is 15.4 Å². The second kappa shape index (κ2) is 9.96. The zero-order valence-electron chi connectivity index (χ0n) is 20.8. The highest BCUT2D eigenvalue weighted by molar-refractivity contribution is 7.34. The molecule has 6 rings (SSSR count). The van der Waals surface area contributed by atoms with Gasteiger partial charge in [0.2, 0.25) is 0 Å². The summed E-state index contributed by atoms with van der Waals surface area (Å²) >= 11 is 6.73. The molecular weight excluding hydrogens is 498 g/mol. The minimum atomic E-state index is -0.341. The van der Waals surface area contributed by atoms with E-state index in [2.05, 4.69) is 43.5 Å². The number of para-hydroxylation sites is 1. The molecule has 1 aromatic carbocycles. The fraction of sp³-hybridized carbons (Fsp3) is 0.500. The molecule has 10 heteroatoms. The lowest BCUT2D eigenvalue weighted by Crippen LogP contribution is -2.53. The summed E-state index contributed by atoms with van der Waals surface area (Å²) in [5.74, 6) is -0.504. The van der Waals surface area contributed by atoms with E-state index in [0.29, 0.717) is 13.2 Å². The van der Waals surface area contributed by atoms with Crippen LogP contribution in [-0.2, 0) is 27.1 Å². The number of carbonyl (C=O) groups is 1. The van der Waals surface area contributed by atoms with Gasteiger partial charge in [0.15, 0.2) is 4.88 Å². The number of nitrogens with zero attached hydrogens (tertiary/aromatic N) is 4. The molecule has 4 aliphatic rings. The molecule has 2 fully saturated rings. The molecule has 2 aromatic rings. The zero-order valence-corrected chi connectivity index (χ0v) is 22.4. The Bertz CT molecular complexity index is 1180. The normalized spacial score (nSPS) is 24.5. The number of benzene rings is 1. The van der Waals surface area contributed by atoms with Crippen molar-refractivity contribution in [2.24, 2.45) is 6.26 Å². The van der Waals surface area contributed by atoms with Crippen molar-refractivity contribution in [1.29, 1.82) is 0 Å². The zero-order chi connectivity index (χ0) is 24.8. The number of fused-ring (bicyclic) bond motifs is 5. The summed E-state index contributed by atoms with van der Waals surface area (Å²) in [7, 11) is -0.125. The van der Waals surface area contributed by atoms with Gasteiger partial charge in [-0.3, -0.25) is 14.6 Å². The van der Waals surface area contributed by atoms with Gasteiger partial charge in [0.25, 0.3) is 5.00 Å². The van der Waals surface area contributed by atoms with Crippen molar-refractivity contribution < 1.29 is 14.3 Å². The van der Waals surface area contributed by atoms with Crippen molar-refractivity contribution in [3.8, 4) is 0 Å². The van der Waals surface area contributed by atoms with Crippen LogP contribution in [0.25, 0.3) is 6.08 Å². The lowest BCUT2D eigenvalue weighted by Gasteiger charge is -2.36. The number of rotatable bonds is 5. The van der Waals surface area contributed by atoms with Gasteiger partial charge in [-0.25, -0.2) is 10.4 Å². The molecule has 4 heterocycles. The predicted molar refractivity (Wildman–Crippen MR) is 144 cm³/mol. The van der Waals surface area contributed by atoms with Gasteiger partial charge in [-0.2, -0.15) is 0 Å². The van der Waals surface area contributed by atoms with E-state index < -0.39 is 0 Å². The van der Waals surface area contributed by atoms with Crippen LogP contribution in [-0.4, -0.2) is 74.8 Å². The second-order valence-electron chi connectivity index (χ2n) is 9.60. The molecule has 1 N–H and O–H groups in total. The number of nitrogens with one attached hydrogen (secondary N) is 1. The fourth-order valence-corrected chi connectivity index (χ4v) is 8.27. The smallest absolute Gasteiger partial charge is 0.317 e. The van der Waals surface area contributed by atoms with Crippen LogP contribution in [0.2, 0.25) is 5.02 Å². The van der Waals surface area contributed by atoms with E-state index in [9.17, 15) is 4.79 Å². The molecule has 0 bridgehead atoms. The van der Waals surface area contributed by atoms with E-state index in [4.69, 9.17) is 21.1 Å². The number of anilines is 2. The summed E-state index contributed by atoms with van der Waals surface area (Å²) in [6.45, 7) is 8.77. The molecule has 3 atom stereocenters. The first-order chi connectivity index (χ1) is 17.6. The van der Waals surface area contributed by atoms with Gasteiger partial charge in [-0.1, -0.05) is 29.8 Å². The van der Waals surface area contributed by atoms with Gasteiger partial charge in [-0.05, 0) is 25.1 Å². The summed E-state index contributed by atoms with van der Waals surface area (Å²) in [5.41, 5.74) is 7.08. The average Bonchev–Trinajstić information content (AvgIpc) is 3.52. The van der Waals surface area contributed by atoms with Crippen molar-refractivity contribution in [3.63, 3.8) is 0 Å². The van der Waals surface area contributed by atoms with Crippen LogP contribution in [0.1, 0.15) is 28.8 Å².